The summed E-state index contributed by atoms with van der Waals surface area (Å²) in [5, 5.41) is 11.3. The zero-order valence-electron chi connectivity index (χ0n) is 9.50. The van der Waals surface area contributed by atoms with Crippen LogP contribution >= 0.6 is 15.9 Å². The molecule has 0 saturated heterocycles. The normalized spacial score (nSPS) is 10.2. The van der Waals surface area contributed by atoms with Crippen molar-refractivity contribution in [2.75, 3.05) is 0 Å². The molecule has 0 bridgehead atoms. The van der Waals surface area contributed by atoms with Gasteiger partial charge >= 0.3 is 11.7 Å². The molecule has 6 nitrogen and oxygen atoms in total. The molecule has 2 aromatic rings. The SMILES string of the molecule is C=CC(=O)Oc1c([N+](=O)[O-])cnc2ccc(Br)cc12. The van der Waals surface area contributed by atoms with Gasteiger partial charge < -0.3 is 4.74 Å². The molecular formula is C12H7BrN2O4. The Hall–Kier alpha value is -2.28. The maximum Gasteiger partial charge on any atom is 0.335 e. The summed E-state index contributed by atoms with van der Waals surface area (Å²) < 4.78 is 5.66. The van der Waals surface area contributed by atoms with Crippen LogP contribution in [0, 0.1) is 10.1 Å². The Bertz CT molecular complexity index is 699. The van der Waals surface area contributed by atoms with Crippen molar-refractivity contribution >= 4 is 38.5 Å². The van der Waals surface area contributed by atoms with Gasteiger partial charge in [-0.05, 0) is 18.2 Å². The molecule has 0 spiro atoms. The molecule has 7 heteroatoms. The third kappa shape index (κ3) is 2.60. The number of hydrogen-bond donors (Lipinski definition) is 0. The lowest BCUT2D eigenvalue weighted by Crippen LogP contribution is -2.06. The van der Waals surface area contributed by atoms with Crippen molar-refractivity contribution in [1.29, 1.82) is 0 Å². The quantitative estimate of drug-likeness (QED) is 0.375. The molecule has 0 fully saturated rings. The molecule has 0 aliphatic carbocycles. The number of fused-ring (bicyclic) bond motifs is 1. The van der Waals surface area contributed by atoms with Gasteiger partial charge in [-0.2, -0.15) is 0 Å². The lowest BCUT2D eigenvalue weighted by Gasteiger charge is -2.06. The number of ether oxygens (including phenoxy) is 1. The first-order valence-electron chi connectivity index (χ1n) is 5.10. The largest absolute Gasteiger partial charge is 0.415 e. The van der Waals surface area contributed by atoms with Crippen LogP contribution in [0.2, 0.25) is 0 Å². The van der Waals surface area contributed by atoms with Crippen LogP contribution in [0.1, 0.15) is 0 Å². The number of carbonyl (C=O) groups excluding carboxylic acids is 1. The number of carbonyl (C=O) groups is 1. The topological polar surface area (TPSA) is 82.3 Å². The molecule has 0 atom stereocenters. The van der Waals surface area contributed by atoms with Crippen LogP contribution in [0.25, 0.3) is 10.9 Å². The van der Waals surface area contributed by atoms with Crippen LogP contribution in [-0.4, -0.2) is 15.9 Å². The van der Waals surface area contributed by atoms with Crippen molar-refractivity contribution < 1.29 is 14.5 Å². The Balaban J connectivity index is 2.74. The molecule has 0 aliphatic heterocycles. The lowest BCUT2D eigenvalue weighted by molar-refractivity contribution is -0.385. The molecular weight excluding hydrogens is 316 g/mol. The maximum atomic E-state index is 11.3. The highest BCUT2D eigenvalue weighted by molar-refractivity contribution is 9.10. The van der Waals surface area contributed by atoms with Gasteiger partial charge in [-0.1, -0.05) is 22.5 Å². The van der Waals surface area contributed by atoms with E-state index in [0.717, 1.165) is 12.3 Å². The fourth-order valence-electron chi connectivity index (χ4n) is 1.51. The number of halogens is 1. The molecule has 0 radical (unpaired) electrons. The van der Waals surface area contributed by atoms with E-state index in [2.05, 4.69) is 27.5 Å². The predicted octanol–water partition coefficient (Wildman–Crippen LogP) is 3.00. The predicted molar refractivity (Wildman–Crippen MR) is 71.9 cm³/mol. The Labute approximate surface area is 116 Å². The van der Waals surface area contributed by atoms with Crippen LogP contribution in [0.5, 0.6) is 5.75 Å². The monoisotopic (exact) mass is 322 g/mol. The van der Waals surface area contributed by atoms with E-state index in [1.165, 1.54) is 0 Å². The van der Waals surface area contributed by atoms with Crippen LogP contribution in [0.4, 0.5) is 5.69 Å². The standard InChI is InChI=1S/C12H7BrN2O4/c1-2-11(16)19-12-8-5-7(13)3-4-9(8)14-6-10(12)15(17)18/h2-6H,1H2. The van der Waals surface area contributed by atoms with Crippen molar-refractivity contribution in [2.24, 2.45) is 0 Å². The summed E-state index contributed by atoms with van der Waals surface area (Å²) in [5.74, 6) is -0.906. The second-order valence-corrected chi connectivity index (χ2v) is 4.43. The van der Waals surface area contributed by atoms with Gasteiger partial charge in [-0.25, -0.2) is 9.78 Å². The third-order valence-corrected chi connectivity index (χ3v) is 2.82. The highest BCUT2D eigenvalue weighted by Gasteiger charge is 2.21. The number of hydrogen-bond acceptors (Lipinski definition) is 5. The number of esters is 1. The van der Waals surface area contributed by atoms with Gasteiger partial charge in [-0.15, -0.1) is 0 Å². The maximum absolute atomic E-state index is 11.3. The van der Waals surface area contributed by atoms with E-state index in [1.807, 2.05) is 0 Å². The van der Waals surface area contributed by atoms with Crippen molar-refractivity contribution in [3.63, 3.8) is 0 Å². The first-order chi connectivity index (χ1) is 9.02. The van der Waals surface area contributed by atoms with E-state index in [0.29, 0.717) is 15.4 Å². The minimum atomic E-state index is -0.768. The van der Waals surface area contributed by atoms with E-state index in [1.54, 1.807) is 18.2 Å². The molecule has 96 valence electrons. The number of benzene rings is 1. The van der Waals surface area contributed by atoms with Gasteiger partial charge in [0.25, 0.3) is 0 Å². The van der Waals surface area contributed by atoms with E-state index in [9.17, 15) is 14.9 Å². The highest BCUT2D eigenvalue weighted by Crippen LogP contribution is 2.35. The van der Waals surface area contributed by atoms with Crippen LogP contribution in [0.3, 0.4) is 0 Å². The van der Waals surface area contributed by atoms with Crippen molar-refractivity contribution in [1.82, 2.24) is 4.98 Å². The Morgan fingerprint density at radius 3 is 2.89 bits per heavy atom. The molecule has 0 amide bonds. The smallest absolute Gasteiger partial charge is 0.335 e. The van der Waals surface area contributed by atoms with Gasteiger partial charge in [-0.3, -0.25) is 10.1 Å². The Morgan fingerprint density at radius 2 is 2.26 bits per heavy atom. The Kier molecular flexibility index (Phi) is 3.57. The summed E-state index contributed by atoms with van der Waals surface area (Å²) in [5.41, 5.74) is 0.112. The van der Waals surface area contributed by atoms with E-state index >= 15 is 0 Å². The molecule has 0 unspecified atom stereocenters. The molecule has 0 N–H and O–H groups in total. The molecule has 0 saturated carbocycles. The zero-order chi connectivity index (χ0) is 14.0. The van der Waals surface area contributed by atoms with Crippen LogP contribution < -0.4 is 4.74 Å². The molecule has 2 rings (SSSR count). The minimum absolute atomic E-state index is 0.138. The Morgan fingerprint density at radius 1 is 1.53 bits per heavy atom. The molecule has 1 aromatic heterocycles. The summed E-state index contributed by atoms with van der Waals surface area (Å²) in [6.45, 7) is 3.26. The average molecular weight is 323 g/mol. The summed E-state index contributed by atoms with van der Waals surface area (Å²) in [6, 6.07) is 5.00. The first-order valence-corrected chi connectivity index (χ1v) is 5.89. The molecule has 19 heavy (non-hydrogen) atoms. The van der Waals surface area contributed by atoms with Crippen LogP contribution in [-0.2, 0) is 4.79 Å². The summed E-state index contributed by atoms with van der Waals surface area (Å²) in [4.78, 5) is 25.6. The number of aromatic nitrogens is 1. The number of pyridine rings is 1. The fraction of sp³-hybridized carbons (Fsp3) is 0. The zero-order valence-corrected chi connectivity index (χ0v) is 11.1. The third-order valence-electron chi connectivity index (χ3n) is 2.33. The van der Waals surface area contributed by atoms with Gasteiger partial charge in [0.1, 0.15) is 6.20 Å². The fourth-order valence-corrected chi connectivity index (χ4v) is 1.87. The van der Waals surface area contributed by atoms with Crippen molar-refractivity contribution in [3.05, 3.63) is 51.6 Å². The molecule has 1 heterocycles. The van der Waals surface area contributed by atoms with Gasteiger partial charge in [0.05, 0.1) is 15.8 Å². The second kappa shape index (κ2) is 5.15. The number of rotatable bonds is 3. The minimum Gasteiger partial charge on any atom is -0.415 e. The second-order valence-electron chi connectivity index (χ2n) is 3.52. The van der Waals surface area contributed by atoms with Crippen molar-refractivity contribution in [3.8, 4) is 5.75 Å². The van der Waals surface area contributed by atoms with Crippen molar-refractivity contribution in [2.45, 2.75) is 0 Å². The summed E-state index contributed by atoms with van der Waals surface area (Å²) in [7, 11) is 0. The lowest BCUT2D eigenvalue weighted by atomic mass is 10.2. The van der Waals surface area contributed by atoms with Gasteiger partial charge in [0.2, 0.25) is 5.75 Å². The van der Waals surface area contributed by atoms with E-state index in [-0.39, 0.29) is 11.4 Å². The van der Waals surface area contributed by atoms with Gasteiger partial charge in [0.15, 0.2) is 0 Å². The number of nitro groups is 1. The average Bonchev–Trinajstić information content (AvgIpc) is 2.38. The van der Waals surface area contributed by atoms with Crippen LogP contribution in [0.15, 0.2) is 41.5 Å². The molecule has 0 aliphatic rings. The highest BCUT2D eigenvalue weighted by atomic mass is 79.9. The van der Waals surface area contributed by atoms with Gasteiger partial charge in [0, 0.05) is 10.5 Å². The van der Waals surface area contributed by atoms with E-state index < -0.39 is 10.9 Å². The van der Waals surface area contributed by atoms with E-state index in [4.69, 9.17) is 4.74 Å². The molecule has 1 aromatic carbocycles. The summed E-state index contributed by atoms with van der Waals surface area (Å²) in [6.07, 6.45) is 2.00. The number of nitrogens with zero attached hydrogens (tertiary/aromatic N) is 2. The first kappa shape index (κ1) is 13.2. The summed E-state index contributed by atoms with van der Waals surface area (Å²) >= 11 is 3.25.